The summed E-state index contributed by atoms with van der Waals surface area (Å²) < 4.78 is 9.39. The predicted molar refractivity (Wildman–Crippen MR) is 57.6 cm³/mol. The molecule has 0 saturated carbocycles. The van der Waals surface area contributed by atoms with Crippen LogP contribution in [0.4, 0.5) is 0 Å². The lowest BCUT2D eigenvalue weighted by Gasteiger charge is -2.15. The Morgan fingerprint density at radius 3 is 2.44 bits per heavy atom. The standard InChI is InChI=1S/C12H14O4/c1-9(11-6-4-3-5-7-11)12(14)16-10(2)15-8-13/h3-10H,1-2H3. The maximum atomic E-state index is 11.6. The highest BCUT2D eigenvalue weighted by Crippen LogP contribution is 2.16. The van der Waals surface area contributed by atoms with Crippen molar-refractivity contribution in [2.45, 2.75) is 26.1 Å². The summed E-state index contributed by atoms with van der Waals surface area (Å²) in [5, 5.41) is 0. The van der Waals surface area contributed by atoms with Crippen LogP contribution in [0.1, 0.15) is 25.3 Å². The number of rotatable bonds is 5. The quantitative estimate of drug-likeness (QED) is 0.433. The SMILES string of the molecule is CC(OC=O)OC(=O)C(C)c1ccccc1. The smallest absolute Gasteiger partial charge is 0.316 e. The molecule has 1 aromatic rings. The van der Waals surface area contributed by atoms with Gasteiger partial charge in [0.1, 0.15) is 0 Å². The van der Waals surface area contributed by atoms with Crippen molar-refractivity contribution in [3.8, 4) is 0 Å². The van der Waals surface area contributed by atoms with E-state index in [1.165, 1.54) is 6.92 Å². The van der Waals surface area contributed by atoms with Crippen molar-refractivity contribution in [1.29, 1.82) is 0 Å². The molecular weight excluding hydrogens is 208 g/mol. The highest BCUT2D eigenvalue weighted by Gasteiger charge is 2.19. The Morgan fingerprint density at radius 1 is 1.25 bits per heavy atom. The first-order chi connectivity index (χ1) is 7.65. The molecule has 4 nitrogen and oxygen atoms in total. The Balaban J connectivity index is 2.58. The van der Waals surface area contributed by atoms with Crippen LogP contribution in [0.2, 0.25) is 0 Å². The summed E-state index contributed by atoms with van der Waals surface area (Å²) in [6.07, 6.45) is -0.851. The van der Waals surface area contributed by atoms with Gasteiger partial charge in [-0.25, -0.2) is 0 Å². The van der Waals surface area contributed by atoms with Crippen LogP contribution in [0, 0.1) is 0 Å². The number of carbonyl (C=O) groups is 2. The van der Waals surface area contributed by atoms with Crippen LogP contribution >= 0.6 is 0 Å². The zero-order valence-electron chi connectivity index (χ0n) is 9.25. The van der Waals surface area contributed by atoms with Crippen molar-refractivity contribution in [3.63, 3.8) is 0 Å². The van der Waals surface area contributed by atoms with E-state index in [9.17, 15) is 9.59 Å². The first-order valence-corrected chi connectivity index (χ1v) is 4.99. The van der Waals surface area contributed by atoms with Crippen LogP contribution in [0.15, 0.2) is 30.3 Å². The Morgan fingerprint density at radius 2 is 1.88 bits per heavy atom. The molecule has 0 aliphatic heterocycles. The number of carbonyl (C=O) groups excluding carboxylic acids is 2. The van der Waals surface area contributed by atoms with Gasteiger partial charge < -0.3 is 9.47 Å². The molecule has 0 heterocycles. The monoisotopic (exact) mass is 222 g/mol. The first kappa shape index (κ1) is 12.2. The van der Waals surface area contributed by atoms with Crippen molar-refractivity contribution in [2.24, 2.45) is 0 Å². The summed E-state index contributed by atoms with van der Waals surface area (Å²) in [4.78, 5) is 21.6. The van der Waals surface area contributed by atoms with E-state index in [0.717, 1.165) is 5.56 Å². The first-order valence-electron chi connectivity index (χ1n) is 4.99. The van der Waals surface area contributed by atoms with E-state index in [1.807, 2.05) is 30.3 Å². The number of hydrogen-bond donors (Lipinski definition) is 0. The zero-order valence-corrected chi connectivity index (χ0v) is 9.25. The second-order valence-electron chi connectivity index (χ2n) is 3.37. The molecule has 0 bridgehead atoms. The van der Waals surface area contributed by atoms with Crippen LogP contribution < -0.4 is 0 Å². The number of hydrogen-bond acceptors (Lipinski definition) is 4. The van der Waals surface area contributed by atoms with Crippen molar-refractivity contribution >= 4 is 12.4 Å². The molecule has 86 valence electrons. The lowest BCUT2D eigenvalue weighted by atomic mass is 10.0. The molecule has 2 atom stereocenters. The number of esters is 1. The normalized spacial score (nSPS) is 13.6. The predicted octanol–water partition coefficient (Wildman–Crippen LogP) is 1.85. The van der Waals surface area contributed by atoms with Gasteiger partial charge in [-0.1, -0.05) is 30.3 Å². The molecular formula is C12H14O4. The average molecular weight is 222 g/mol. The van der Waals surface area contributed by atoms with Crippen LogP contribution in [-0.4, -0.2) is 18.7 Å². The summed E-state index contributed by atoms with van der Waals surface area (Å²) >= 11 is 0. The summed E-state index contributed by atoms with van der Waals surface area (Å²) in [5.41, 5.74) is 0.866. The third kappa shape index (κ3) is 3.38. The van der Waals surface area contributed by atoms with Crippen molar-refractivity contribution < 1.29 is 19.1 Å². The fourth-order valence-corrected chi connectivity index (χ4v) is 1.25. The number of benzene rings is 1. The highest BCUT2D eigenvalue weighted by atomic mass is 16.7. The fraction of sp³-hybridized carbons (Fsp3) is 0.333. The second-order valence-corrected chi connectivity index (χ2v) is 3.37. The Hall–Kier alpha value is -1.84. The Bertz CT molecular complexity index is 347. The maximum absolute atomic E-state index is 11.6. The molecule has 1 aromatic carbocycles. The molecule has 0 spiro atoms. The molecule has 0 saturated heterocycles. The van der Waals surface area contributed by atoms with Gasteiger partial charge in [0.15, 0.2) is 0 Å². The molecule has 0 aliphatic carbocycles. The minimum absolute atomic E-state index is 0.255. The van der Waals surface area contributed by atoms with E-state index in [0.29, 0.717) is 0 Å². The van der Waals surface area contributed by atoms with Crippen LogP contribution in [0.3, 0.4) is 0 Å². The molecule has 0 amide bonds. The van der Waals surface area contributed by atoms with Gasteiger partial charge in [-0.15, -0.1) is 0 Å². The van der Waals surface area contributed by atoms with Gasteiger partial charge in [0, 0.05) is 6.92 Å². The van der Waals surface area contributed by atoms with Crippen LogP contribution in [0.25, 0.3) is 0 Å². The van der Waals surface area contributed by atoms with Crippen LogP contribution in [0.5, 0.6) is 0 Å². The fourth-order valence-electron chi connectivity index (χ4n) is 1.25. The van der Waals surface area contributed by atoms with Gasteiger partial charge in [-0.05, 0) is 12.5 Å². The lowest BCUT2D eigenvalue weighted by molar-refractivity contribution is -0.177. The third-order valence-electron chi connectivity index (χ3n) is 2.18. The van der Waals surface area contributed by atoms with Gasteiger partial charge in [0.2, 0.25) is 6.29 Å². The van der Waals surface area contributed by atoms with Gasteiger partial charge >= 0.3 is 5.97 Å². The molecule has 0 N–H and O–H groups in total. The molecule has 0 fully saturated rings. The van der Waals surface area contributed by atoms with Gasteiger partial charge in [-0.3, -0.25) is 9.59 Å². The Labute approximate surface area is 94.2 Å². The molecule has 2 unspecified atom stereocenters. The minimum atomic E-state index is -0.851. The van der Waals surface area contributed by atoms with Crippen molar-refractivity contribution in [3.05, 3.63) is 35.9 Å². The molecule has 1 rings (SSSR count). The maximum Gasteiger partial charge on any atom is 0.316 e. The van der Waals surface area contributed by atoms with Gasteiger partial charge in [0.25, 0.3) is 6.47 Å². The zero-order chi connectivity index (χ0) is 12.0. The van der Waals surface area contributed by atoms with E-state index in [-0.39, 0.29) is 12.4 Å². The lowest BCUT2D eigenvalue weighted by Crippen LogP contribution is -2.21. The number of ether oxygens (including phenoxy) is 2. The van der Waals surface area contributed by atoms with E-state index >= 15 is 0 Å². The molecule has 0 radical (unpaired) electrons. The van der Waals surface area contributed by atoms with Crippen molar-refractivity contribution in [2.75, 3.05) is 0 Å². The van der Waals surface area contributed by atoms with Gasteiger partial charge in [0.05, 0.1) is 5.92 Å². The van der Waals surface area contributed by atoms with E-state index in [4.69, 9.17) is 4.74 Å². The van der Waals surface area contributed by atoms with E-state index < -0.39 is 12.3 Å². The Kier molecular flexibility index (Phi) is 4.51. The van der Waals surface area contributed by atoms with Crippen molar-refractivity contribution in [1.82, 2.24) is 0 Å². The van der Waals surface area contributed by atoms with Crippen LogP contribution in [-0.2, 0) is 19.1 Å². The average Bonchev–Trinajstić information content (AvgIpc) is 2.29. The molecule has 0 aromatic heterocycles. The van der Waals surface area contributed by atoms with E-state index in [1.54, 1.807) is 6.92 Å². The third-order valence-corrected chi connectivity index (χ3v) is 2.18. The second kappa shape index (κ2) is 5.90. The molecule has 0 aliphatic rings. The summed E-state index contributed by atoms with van der Waals surface area (Å²) in [6.45, 7) is 3.49. The molecule has 16 heavy (non-hydrogen) atoms. The summed E-state index contributed by atoms with van der Waals surface area (Å²) in [6, 6.07) is 9.27. The van der Waals surface area contributed by atoms with Gasteiger partial charge in [-0.2, -0.15) is 0 Å². The summed E-state index contributed by atoms with van der Waals surface area (Å²) in [7, 11) is 0. The highest BCUT2D eigenvalue weighted by molar-refractivity contribution is 5.77. The van der Waals surface area contributed by atoms with E-state index in [2.05, 4.69) is 4.74 Å². The topological polar surface area (TPSA) is 52.6 Å². The minimum Gasteiger partial charge on any atom is -0.428 e. The summed E-state index contributed by atoms with van der Waals surface area (Å²) in [5.74, 6) is -0.792. The largest absolute Gasteiger partial charge is 0.428 e. The molecule has 4 heteroatoms.